The predicted octanol–water partition coefficient (Wildman–Crippen LogP) is 3.41. The van der Waals surface area contributed by atoms with E-state index in [1.54, 1.807) is 19.1 Å². The Kier molecular flexibility index (Phi) is 5.05. The number of halogens is 1. The highest BCUT2D eigenvalue weighted by Crippen LogP contribution is 2.38. The fraction of sp³-hybridized carbons (Fsp3) is 0.235. The molecular formula is C17H18FNO4. The molecule has 0 aliphatic heterocycles. The zero-order valence-corrected chi connectivity index (χ0v) is 13.4. The number of anilines is 1. The first kappa shape index (κ1) is 16.6. The minimum Gasteiger partial charge on any atom is -0.493 e. The fourth-order valence-corrected chi connectivity index (χ4v) is 2.09. The molecule has 2 rings (SSSR count). The molecule has 0 heterocycles. The molecule has 0 radical (unpaired) electrons. The molecule has 2 aromatic rings. The molecule has 1 N–H and O–H groups in total. The Morgan fingerprint density at radius 3 is 2.09 bits per heavy atom. The van der Waals surface area contributed by atoms with Gasteiger partial charge in [0.1, 0.15) is 5.82 Å². The van der Waals surface area contributed by atoms with E-state index < -0.39 is 5.91 Å². The number of ether oxygens (including phenoxy) is 3. The van der Waals surface area contributed by atoms with E-state index in [4.69, 9.17) is 14.2 Å². The first-order valence-electron chi connectivity index (χ1n) is 6.87. The van der Waals surface area contributed by atoms with Crippen molar-refractivity contribution in [2.45, 2.75) is 6.92 Å². The lowest BCUT2D eigenvalue weighted by Gasteiger charge is -2.14. The van der Waals surface area contributed by atoms with Crippen molar-refractivity contribution < 1.29 is 23.4 Å². The van der Waals surface area contributed by atoms with Gasteiger partial charge in [-0.2, -0.15) is 0 Å². The summed E-state index contributed by atoms with van der Waals surface area (Å²) < 4.78 is 29.2. The average molecular weight is 319 g/mol. The Morgan fingerprint density at radius 1 is 1.00 bits per heavy atom. The average Bonchev–Trinajstić information content (AvgIpc) is 2.56. The van der Waals surface area contributed by atoms with Gasteiger partial charge in [0.15, 0.2) is 11.5 Å². The van der Waals surface area contributed by atoms with Gasteiger partial charge in [0, 0.05) is 11.3 Å². The summed E-state index contributed by atoms with van der Waals surface area (Å²) in [5, 5.41) is 2.64. The second kappa shape index (κ2) is 7.00. The molecule has 6 heteroatoms. The molecule has 0 spiro atoms. The minimum atomic E-state index is -0.410. The quantitative estimate of drug-likeness (QED) is 0.917. The van der Waals surface area contributed by atoms with Crippen molar-refractivity contribution >= 4 is 11.6 Å². The van der Waals surface area contributed by atoms with Crippen LogP contribution in [-0.4, -0.2) is 27.2 Å². The van der Waals surface area contributed by atoms with Gasteiger partial charge in [0.05, 0.1) is 21.3 Å². The highest BCUT2D eigenvalue weighted by molar-refractivity contribution is 6.05. The highest BCUT2D eigenvalue weighted by atomic mass is 19.1. The molecule has 2 aromatic carbocycles. The Labute approximate surface area is 134 Å². The third kappa shape index (κ3) is 3.53. The zero-order chi connectivity index (χ0) is 17.0. The van der Waals surface area contributed by atoms with E-state index in [9.17, 15) is 9.18 Å². The Bertz CT molecular complexity index is 706. The van der Waals surface area contributed by atoms with E-state index in [1.807, 2.05) is 0 Å². The molecule has 0 bridgehead atoms. The van der Waals surface area contributed by atoms with Gasteiger partial charge in [-0.3, -0.25) is 4.79 Å². The first-order valence-corrected chi connectivity index (χ1v) is 6.87. The number of methoxy groups -OCH3 is 3. The largest absolute Gasteiger partial charge is 0.493 e. The van der Waals surface area contributed by atoms with Gasteiger partial charge in [-0.15, -0.1) is 0 Å². The Balaban J connectivity index is 2.33. The van der Waals surface area contributed by atoms with Crippen LogP contribution in [0, 0.1) is 12.7 Å². The van der Waals surface area contributed by atoms with E-state index in [0.29, 0.717) is 34.1 Å². The number of benzene rings is 2. The number of carbonyl (C=O) groups excluding carboxylic acids is 1. The van der Waals surface area contributed by atoms with Crippen molar-refractivity contribution in [2.24, 2.45) is 0 Å². The van der Waals surface area contributed by atoms with Crippen LogP contribution in [0.15, 0.2) is 30.3 Å². The van der Waals surface area contributed by atoms with Gasteiger partial charge in [0.25, 0.3) is 5.91 Å². The lowest BCUT2D eigenvalue weighted by atomic mass is 10.1. The molecule has 122 valence electrons. The van der Waals surface area contributed by atoms with Gasteiger partial charge in [-0.25, -0.2) is 4.39 Å². The van der Waals surface area contributed by atoms with Gasteiger partial charge in [0.2, 0.25) is 5.75 Å². The van der Waals surface area contributed by atoms with Crippen LogP contribution in [0.2, 0.25) is 0 Å². The van der Waals surface area contributed by atoms with E-state index in [1.165, 1.54) is 39.5 Å². The second-order valence-corrected chi connectivity index (χ2v) is 4.83. The van der Waals surface area contributed by atoms with Gasteiger partial charge < -0.3 is 19.5 Å². The lowest BCUT2D eigenvalue weighted by Crippen LogP contribution is -2.13. The second-order valence-electron chi connectivity index (χ2n) is 4.83. The molecule has 0 unspecified atom stereocenters. The van der Waals surface area contributed by atoms with Crippen molar-refractivity contribution in [3.8, 4) is 17.2 Å². The molecule has 0 aliphatic carbocycles. The van der Waals surface area contributed by atoms with Crippen LogP contribution in [0.3, 0.4) is 0 Å². The third-order valence-corrected chi connectivity index (χ3v) is 3.36. The summed E-state index contributed by atoms with van der Waals surface area (Å²) in [5.74, 6) is 0.340. The normalized spacial score (nSPS) is 10.1. The summed E-state index contributed by atoms with van der Waals surface area (Å²) in [6, 6.07) is 7.56. The van der Waals surface area contributed by atoms with Gasteiger partial charge >= 0.3 is 0 Å². The van der Waals surface area contributed by atoms with Crippen LogP contribution in [-0.2, 0) is 0 Å². The van der Waals surface area contributed by atoms with Crippen LogP contribution in [0.25, 0.3) is 0 Å². The fourth-order valence-electron chi connectivity index (χ4n) is 2.09. The maximum atomic E-state index is 13.6. The van der Waals surface area contributed by atoms with Crippen molar-refractivity contribution in [1.82, 2.24) is 0 Å². The van der Waals surface area contributed by atoms with Crippen molar-refractivity contribution in [3.63, 3.8) is 0 Å². The van der Waals surface area contributed by atoms with Crippen LogP contribution in [0.5, 0.6) is 17.2 Å². The molecule has 5 nitrogen and oxygen atoms in total. The maximum Gasteiger partial charge on any atom is 0.255 e. The standard InChI is InChI=1S/C17H18FNO4/c1-10-5-6-12(9-13(10)18)19-17(20)11-7-14(21-2)16(23-4)15(8-11)22-3/h5-9H,1-4H3,(H,19,20). The van der Waals surface area contributed by atoms with Crippen LogP contribution >= 0.6 is 0 Å². The molecular weight excluding hydrogens is 301 g/mol. The zero-order valence-electron chi connectivity index (χ0n) is 13.4. The number of nitrogens with one attached hydrogen (secondary N) is 1. The number of hydrogen-bond acceptors (Lipinski definition) is 4. The van der Waals surface area contributed by atoms with E-state index in [-0.39, 0.29) is 5.82 Å². The topological polar surface area (TPSA) is 56.8 Å². The van der Waals surface area contributed by atoms with Crippen molar-refractivity contribution in [3.05, 3.63) is 47.3 Å². The molecule has 0 fully saturated rings. The Morgan fingerprint density at radius 2 is 1.61 bits per heavy atom. The van der Waals surface area contributed by atoms with Crippen molar-refractivity contribution in [2.75, 3.05) is 26.6 Å². The molecule has 1 amide bonds. The molecule has 0 aliphatic rings. The summed E-state index contributed by atoms with van der Waals surface area (Å²) in [4.78, 5) is 12.4. The van der Waals surface area contributed by atoms with Crippen LogP contribution < -0.4 is 19.5 Å². The van der Waals surface area contributed by atoms with E-state index in [2.05, 4.69) is 5.32 Å². The van der Waals surface area contributed by atoms with Gasteiger partial charge in [-0.1, -0.05) is 6.07 Å². The predicted molar refractivity (Wildman–Crippen MR) is 85.2 cm³/mol. The molecule has 0 saturated carbocycles. The summed E-state index contributed by atoms with van der Waals surface area (Å²) in [5.41, 5.74) is 1.18. The number of amides is 1. The maximum absolute atomic E-state index is 13.6. The summed E-state index contributed by atoms with van der Waals surface area (Å²) >= 11 is 0. The first-order chi connectivity index (χ1) is 11.0. The number of rotatable bonds is 5. The molecule has 0 aromatic heterocycles. The SMILES string of the molecule is COc1cc(C(=O)Nc2ccc(C)c(F)c2)cc(OC)c1OC. The monoisotopic (exact) mass is 319 g/mol. The summed E-state index contributed by atoms with van der Waals surface area (Å²) in [6.07, 6.45) is 0. The molecule has 0 atom stereocenters. The number of aryl methyl sites for hydroxylation is 1. The molecule has 0 saturated heterocycles. The summed E-state index contributed by atoms with van der Waals surface area (Å²) in [6.45, 7) is 1.65. The van der Waals surface area contributed by atoms with Gasteiger partial charge in [-0.05, 0) is 36.8 Å². The lowest BCUT2D eigenvalue weighted by molar-refractivity contribution is 0.102. The highest BCUT2D eigenvalue weighted by Gasteiger charge is 2.17. The van der Waals surface area contributed by atoms with Crippen molar-refractivity contribution in [1.29, 1.82) is 0 Å². The number of carbonyl (C=O) groups is 1. The summed E-state index contributed by atoms with van der Waals surface area (Å²) in [7, 11) is 4.41. The minimum absolute atomic E-state index is 0.306. The molecule has 23 heavy (non-hydrogen) atoms. The van der Waals surface area contributed by atoms with E-state index in [0.717, 1.165) is 0 Å². The van der Waals surface area contributed by atoms with E-state index >= 15 is 0 Å². The Hall–Kier alpha value is -2.76. The smallest absolute Gasteiger partial charge is 0.255 e. The van der Waals surface area contributed by atoms with Crippen LogP contribution in [0.1, 0.15) is 15.9 Å². The third-order valence-electron chi connectivity index (χ3n) is 3.36. The van der Waals surface area contributed by atoms with Crippen LogP contribution in [0.4, 0.5) is 10.1 Å². The number of hydrogen-bond donors (Lipinski definition) is 1.